The number of aliphatic hydroxyl groups excluding tert-OH is 1. The second kappa shape index (κ2) is 10.4. The Labute approximate surface area is 208 Å². The number of aromatic nitrogens is 4. The van der Waals surface area contributed by atoms with Gasteiger partial charge < -0.3 is 24.6 Å². The minimum absolute atomic E-state index is 0. The quantitative estimate of drug-likeness (QED) is 0.535. The number of nitrogens with one attached hydrogen (secondary N) is 1. The maximum absolute atomic E-state index is 14.8. The van der Waals surface area contributed by atoms with Gasteiger partial charge in [-0.3, -0.25) is 4.79 Å². The number of nitrogens with zero attached hydrogens (tertiary/aromatic N) is 5. The Balaban J connectivity index is 0.00000304. The lowest BCUT2D eigenvalue weighted by molar-refractivity contribution is 0.0915. The van der Waals surface area contributed by atoms with Gasteiger partial charge in [0.05, 0.1) is 18.2 Å². The van der Waals surface area contributed by atoms with Gasteiger partial charge in [0.2, 0.25) is 0 Å². The van der Waals surface area contributed by atoms with E-state index in [2.05, 4.69) is 20.5 Å². The second-order valence-electron chi connectivity index (χ2n) is 8.81. The Kier molecular flexibility index (Phi) is 7.30. The molecule has 3 aromatic rings. The lowest BCUT2D eigenvalue weighted by atomic mass is 9.97. The molecule has 5 rings (SSSR count). The second-order valence-corrected chi connectivity index (χ2v) is 8.81. The summed E-state index contributed by atoms with van der Waals surface area (Å²) in [5.41, 5.74) is 1.79. The van der Waals surface area contributed by atoms with Crippen LogP contribution < -0.4 is 5.32 Å². The van der Waals surface area contributed by atoms with Gasteiger partial charge in [0.15, 0.2) is 5.82 Å². The third kappa shape index (κ3) is 5.20. The van der Waals surface area contributed by atoms with Crippen molar-refractivity contribution in [3.63, 3.8) is 0 Å². The van der Waals surface area contributed by atoms with Crippen LogP contribution >= 0.6 is 0 Å². The number of carbonyl (C=O) groups excluding carboxylic acids is 2. The number of hydrogen-bond donors (Lipinski definition) is 2. The fourth-order valence-electron chi connectivity index (χ4n) is 3.96. The molecule has 3 heterocycles. The van der Waals surface area contributed by atoms with Crippen LogP contribution in [0.25, 0.3) is 11.5 Å². The van der Waals surface area contributed by atoms with E-state index >= 15 is 0 Å². The summed E-state index contributed by atoms with van der Waals surface area (Å²) in [6.45, 7) is 2.41. The Morgan fingerprint density at radius 3 is 2.83 bits per heavy atom. The van der Waals surface area contributed by atoms with Crippen LogP contribution in [-0.4, -0.2) is 61.0 Å². The number of halogens is 1. The van der Waals surface area contributed by atoms with Crippen molar-refractivity contribution < 1.29 is 23.8 Å². The van der Waals surface area contributed by atoms with Gasteiger partial charge in [0.25, 0.3) is 5.91 Å². The van der Waals surface area contributed by atoms with E-state index in [1.807, 2.05) is 6.92 Å². The molecular formula is C25H29FN6O4. The molecule has 1 aromatic carbocycles. The summed E-state index contributed by atoms with van der Waals surface area (Å²) in [6.07, 6.45) is 3.39. The molecule has 2 aromatic heterocycles. The number of anilines is 1. The third-order valence-electron chi connectivity index (χ3n) is 6.13. The summed E-state index contributed by atoms with van der Waals surface area (Å²) in [7, 11) is 0. The Hall–Kier alpha value is -3.86. The van der Waals surface area contributed by atoms with Crippen LogP contribution in [0.2, 0.25) is 0 Å². The molecule has 1 fully saturated rings. The number of ether oxygens (including phenoxy) is 1. The first-order chi connectivity index (χ1) is 16.9. The van der Waals surface area contributed by atoms with E-state index in [0.717, 1.165) is 18.4 Å². The summed E-state index contributed by atoms with van der Waals surface area (Å²) < 4.78 is 21.9. The zero-order chi connectivity index (χ0) is 24.5. The highest BCUT2D eigenvalue weighted by atomic mass is 19.1. The highest BCUT2D eigenvalue weighted by Gasteiger charge is 2.30. The Morgan fingerprint density at radius 2 is 2.08 bits per heavy atom. The van der Waals surface area contributed by atoms with Crippen molar-refractivity contribution in [2.75, 3.05) is 18.5 Å². The van der Waals surface area contributed by atoms with E-state index in [0.29, 0.717) is 30.0 Å². The minimum Gasteiger partial charge on any atom is -0.446 e. The molecule has 11 heteroatoms. The van der Waals surface area contributed by atoms with Gasteiger partial charge in [-0.1, -0.05) is 13.5 Å². The molecule has 10 nitrogen and oxygen atoms in total. The van der Waals surface area contributed by atoms with Crippen molar-refractivity contribution in [3.05, 3.63) is 59.2 Å². The third-order valence-corrected chi connectivity index (χ3v) is 6.13. The average molecular weight is 497 g/mol. The molecule has 36 heavy (non-hydrogen) atoms. The van der Waals surface area contributed by atoms with Crippen molar-refractivity contribution in [1.82, 2.24) is 24.6 Å². The van der Waals surface area contributed by atoms with Crippen LogP contribution in [0.15, 0.2) is 36.7 Å². The van der Waals surface area contributed by atoms with Crippen LogP contribution in [0, 0.1) is 5.82 Å². The highest BCUT2D eigenvalue weighted by molar-refractivity contribution is 6.04. The van der Waals surface area contributed by atoms with E-state index in [-0.39, 0.29) is 50.2 Å². The summed E-state index contributed by atoms with van der Waals surface area (Å²) in [4.78, 5) is 31.3. The molecular weight excluding hydrogens is 467 g/mol. The van der Waals surface area contributed by atoms with Crippen molar-refractivity contribution in [1.29, 1.82) is 0 Å². The first kappa shape index (κ1) is 25.2. The number of rotatable bonds is 6. The molecule has 2 amide bonds. The molecule has 0 unspecified atom stereocenters. The van der Waals surface area contributed by atoms with Crippen molar-refractivity contribution in [2.24, 2.45) is 0 Å². The lowest BCUT2D eigenvalue weighted by Crippen LogP contribution is -2.37. The molecule has 1 saturated carbocycles. The number of hydrogen-bond acceptors (Lipinski definition) is 7. The number of amides is 2. The van der Waals surface area contributed by atoms with E-state index in [1.165, 1.54) is 18.5 Å². The van der Waals surface area contributed by atoms with E-state index < -0.39 is 11.7 Å². The zero-order valence-corrected chi connectivity index (χ0v) is 19.1. The first-order valence-corrected chi connectivity index (χ1v) is 11.5. The van der Waals surface area contributed by atoms with E-state index in [1.54, 1.807) is 27.7 Å². The molecule has 2 aliphatic rings. The molecule has 190 valence electrons. The van der Waals surface area contributed by atoms with Gasteiger partial charge in [0.1, 0.15) is 29.8 Å². The molecule has 1 aliphatic carbocycles. The van der Waals surface area contributed by atoms with Crippen molar-refractivity contribution in [3.8, 4) is 11.5 Å². The largest absolute Gasteiger partial charge is 0.446 e. The van der Waals surface area contributed by atoms with Crippen LogP contribution in [0.5, 0.6) is 0 Å². The van der Waals surface area contributed by atoms with Crippen LogP contribution in [0.4, 0.5) is 15.0 Å². The predicted molar refractivity (Wildman–Crippen MR) is 130 cm³/mol. The molecule has 0 bridgehead atoms. The van der Waals surface area contributed by atoms with Crippen LogP contribution in [0.1, 0.15) is 54.7 Å². The summed E-state index contributed by atoms with van der Waals surface area (Å²) >= 11 is 0. The number of aliphatic hydroxyl groups is 1. The smallest absolute Gasteiger partial charge is 0.410 e. The molecule has 0 spiro atoms. The van der Waals surface area contributed by atoms with Crippen molar-refractivity contribution >= 4 is 17.8 Å². The number of benzene rings is 1. The molecule has 2 N–H and O–H groups in total. The fourth-order valence-corrected chi connectivity index (χ4v) is 3.96. The van der Waals surface area contributed by atoms with Gasteiger partial charge in [-0.2, -0.15) is 0 Å². The topological polar surface area (TPSA) is 122 Å². The molecule has 0 radical (unpaired) electrons. The molecule has 1 atom stereocenters. The average Bonchev–Trinajstić information content (AvgIpc) is 3.53. The molecule has 1 aliphatic heterocycles. The SMILES string of the molecule is C.C[C@H](CO)n1cnnc1-c1cccc(NC(=O)c2cc3c(cc2F)CCN(C(=O)OC2CC2)C3)n1. The summed E-state index contributed by atoms with van der Waals surface area (Å²) in [5.74, 6) is -0.646. The number of carbonyl (C=O) groups is 2. The Morgan fingerprint density at radius 1 is 1.28 bits per heavy atom. The van der Waals surface area contributed by atoms with Gasteiger partial charge in [-0.05, 0) is 61.6 Å². The van der Waals surface area contributed by atoms with Gasteiger partial charge in [0, 0.05) is 13.1 Å². The van der Waals surface area contributed by atoms with Gasteiger partial charge in [-0.15, -0.1) is 10.2 Å². The first-order valence-electron chi connectivity index (χ1n) is 11.5. The standard InChI is InChI=1S/C24H25FN6O4.CH4/c1-14(12-32)31-13-26-29-22(31)20-3-2-4-21(27-20)28-23(33)18-9-16-11-30(24(34)35-17-5-6-17)8-7-15(16)10-19(18)25;/h2-4,9-10,13-14,17,32H,5-8,11-12H2,1H3,(H,27,28,33);1H4/t14-;/m1./s1. The van der Waals surface area contributed by atoms with Gasteiger partial charge >= 0.3 is 6.09 Å². The zero-order valence-electron chi connectivity index (χ0n) is 19.1. The van der Waals surface area contributed by atoms with Crippen LogP contribution in [0.3, 0.4) is 0 Å². The lowest BCUT2D eigenvalue weighted by Gasteiger charge is -2.28. The van der Waals surface area contributed by atoms with Crippen LogP contribution in [-0.2, 0) is 17.7 Å². The summed E-state index contributed by atoms with van der Waals surface area (Å²) in [5, 5.41) is 20.0. The maximum Gasteiger partial charge on any atom is 0.410 e. The van der Waals surface area contributed by atoms with E-state index in [4.69, 9.17) is 4.74 Å². The van der Waals surface area contributed by atoms with E-state index in [9.17, 15) is 19.1 Å². The monoisotopic (exact) mass is 496 g/mol. The maximum atomic E-state index is 14.8. The highest BCUT2D eigenvalue weighted by Crippen LogP contribution is 2.28. The number of fused-ring (bicyclic) bond motifs is 1. The summed E-state index contributed by atoms with van der Waals surface area (Å²) in [6, 6.07) is 7.56. The van der Waals surface area contributed by atoms with Crippen molar-refractivity contribution in [2.45, 2.75) is 52.3 Å². The minimum atomic E-state index is -0.655. The predicted octanol–water partition coefficient (Wildman–Crippen LogP) is 3.58. The molecule has 0 saturated heterocycles. The Bertz CT molecular complexity index is 1280. The van der Waals surface area contributed by atoms with Gasteiger partial charge in [-0.25, -0.2) is 14.2 Å². The fraction of sp³-hybridized carbons (Fsp3) is 0.400. The normalized spacial score (nSPS) is 15.5. The number of pyridine rings is 1.